The van der Waals surface area contributed by atoms with E-state index in [-0.39, 0.29) is 49.8 Å². The van der Waals surface area contributed by atoms with Crippen molar-refractivity contribution in [3.63, 3.8) is 0 Å². The lowest BCUT2D eigenvalue weighted by Crippen LogP contribution is -2.46. The fraction of sp³-hybridized carbons (Fsp3) is 0.444. The van der Waals surface area contributed by atoms with Gasteiger partial charge >= 0.3 is 25.1 Å². The number of carbonyl (C=O) groups excluding carboxylic acids is 2. The monoisotopic (exact) mass is 441 g/mol. The van der Waals surface area contributed by atoms with E-state index in [1.54, 1.807) is 0 Å². The maximum atomic E-state index is 13.5. The van der Waals surface area contributed by atoms with Gasteiger partial charge in [-0.15, -0.1) is 0 Å². The third-order valence-corrected chi connectivity index (χ3v) is 4.36. The van der Waals surface area contributed by atoms with Crippen LogP contribution in [0.5, 0.6) is 0 Å². The molecule has 1 aromatic carbocycles. The van der Waals surface area contributed by atoms with Gasteiger partial charge in [-0.1, -0.05) is 0 Å². The molecule has 0 saturated heterocycles. The Morgan fingerprint density at radius 2 is 1.81 bits per heavy atom. The summed E-state index contributed by atoms with van der Waals surface area (Å²) in [5.41, 5.74) is -0.162. The number of aliphatic carboxylic acids is 2. The average molecular weight is 441 g/mol. The first-order valence-electron chi connectivity index (χ1n) is 9.44. The third kappa shape index (κ3) is 9.01. The lowest BCUT2D eigenvalue weighted by molar-refractivity contribution is -0.139. The number of nitrogens with one attached hydrogen (secondary N) is 2. The summed E-state index contributed by atoms with van der Waals surface area (Å²) in [6, 6.07) is 1.39. The van der Waals surface area contributed by atoms with Gasteiger partial charge in [-0.25, -0.2) is 14.0 Å². The number of amides is 3. The maximum absolute atomic E-state index is 13.5. The molecule has 31 heavy (non-hydrogen) atoms. The van der Waals surface area contributed by atoms with Gasteiger partial charge in [0.2, 0.25) is 5.91 Å². The van der Waals surface area contributed by atoms with Crippen molar-refractivity contribution in [1.29, 1.82) is 0 Å². The smallest absolute Gasteiger partial charge is 0.481 e. The largest absolute Gasteiger partial charge is 0.491 e. The summed E-state index contributed by atoms with van der Waals surface area (Å²) in [5.74, 6) is -3.56. The minimum absolute atomic E-state index is 0.0402. The molecule has 0 bridgehead atoms. The highest BCUT2D eigenvalue weighted by atomic mass is 19.1. The Morgan fingerprint density at radius 3 is 2.39 bits per heavy atom. The van der Waals surface area contributed by atoms with Crippen molar-refractivity contribution < 1.29 is 43.8 Å². The topological polar surface area (TPSA) is 176 Å². The molecule has 3 amide bonds. The highest BCUT2D eigenvalue weighted by Gasteiger charge is 2.22. The van der Waals surface area contributed by atoms with E-state index in [4.69, 9.17) is 15.2 Å². The molecule has 0 radical (unpaired) electrons. The van der Waals surface area contributed by atoms with Crippen molar-refractivity contribution in [2.75, 3.05) is 18.5 Å². The zero-order valence-corrected chi connectivity index (χ0v) is 16.9. The van der Waals surface area contributed by atoms with E-state index in [2.05, 4.69) is 10.6 Å². The van der Waals surface area contributed by atoms with Crippen molar-refractivity contribution in [3.05, 3.63) is 24.0 Å². The van der Waals surface area contributed by atoms with E-state index < -0.39 is 42.9 Å². The Labute approximate surface area is 178 Å². The minimum Gasteiger partial charge on any atom is -0.481 e. The molecule has 1 rings (SSSR count). The Kier molecular flexibility index (Phi) is 10.4. The minimum atomic E-state index is -2.04. The third-order valence-electron chi connectivity index (χ3n) is 4.36. The summed E-state index contributed by atoms with van der Waals surface area (Å²) in [6.45, 7) is 0.0654. The number of benzene rings is 1. The number of rotatable bonds is 12. The number of hydrogen-bond acceptors (Lipinski definition) is 6. The lowest BCUT2D eigenvalue weighted by atomic mass is 9.79. The van der Waals surface area contributed by atoms with Gasteiger partial charge in [0.15, 0.2) is 0 Å². The molecule has 170 valence electrons. The van der Waals surface area contributed by atoms with Crippen LogP contribution >= 0.6 is 0 Å². The summed E-state index contributed by atoms with van der Waals surface area (Å²) in [6.07, 6.45) is 0.0684. The van der Waals surface area contributed by atoms with Gasteiger partial charge in [-0.2, -0.15) is 0 Å². The van der Waals surface area contributed by atoms with E-state index in [1.165, 1.54) is 18.0 Å². The van der Waals surface area contributed by atoms with Crippen LogP contribution in [0, 0.1) is 5.82 Å². The van der Waals surface area contributed by atoms with Crippen LogP contribution in [0.15, 0.2) is 18.2 Å². The molecule has 0 aromatic heterocycles. The first-order chi connectivity index (χ1) is 14.5. The molecule has 1 aromatic rings. The van der Waals surface area contributed by atoms with Crippen LogP contribution in [-0.2, 0) is 14.4 Å². The fourth-order valence-electron chi connectivity index (χ4n) is 2.61. The summed E-state index contributed by atoms with van der Waals surface area (Å²) < 4.78 is 13.5. The van der Waals surface area contributed by atoms with Crippen LogP contribution in [-0.4, -0.2) is 70.9 Å². The van der Waals surface area contributed by atoms with Crippen molar-refractivity contribution in [2.45, 2.75) is 38.1 Å². The van der Waals surface area contributed by atoms with E-state index >= 15 is 0 Å². The number of urea groups is 1. The Balaban J connectivity index is 2.53. The highest BCUT2D eigenvalue weighted by molar-refractivity contribution is 6.58. The van der Waals surface area contributed by atoms with Crippen LogP contribution in [0.2, 0.25) is 0 Å². The van der Waals surface area contributed by atoms with Gasteiger partial charge in [0.1, 0.15) is 11.9 Å². The molecule has 11 nitrogen and oxygen atoms in total. The number of carbonyl (C=O) groups is 4. The molecule has 0 aliphatic rings. The lowest BCUT2D eigenvalue weighted by Gasteiger charge is -2.19. The SMILES string of the molecule is CN(C(=O)CCCC(NC(=O)NCCCC(=O)O)C(=O)O)c1ccc(F)c(B(O)O)c1. The van der Waals surface area contributed by atoms with Gasteiger partial charge in [0.05, 0.1) is 0 Å². The molecule has 0 spiro atoms. The van der Waals surface area contributed by atoms with Crippen LogP contribution < -0.4 is 21.0 Å². The zero-order chi connectivity index (χ0) is 23.6. The van der Waals surface area contributed by atoms with Gasteiger partial charge in [0, 0.05) is 37.6 Å². The predicted octanol–water partition coefficient (Wildman–Crippen LogP) is -0.744. The number of carboxylic acid groups (broad SMARTS) is 2. The van der Waals surface area contributed by atoms with Gasteiger partial charge in [0.25, 0.3) is 0 Å². The van der Waals surface area contributed by atoms with Crippen molar-refractivity contribution in [1.82, 2.24) is 10.6 Å². The quantitative estimate of drug-likeness (QED) is 0.181. The molecular formula is C18H25BFN3O8. The second kappa shape index (κ2) is 12.5. The predicted molar refractivity (Wildman–Crippen MR) is 108 cm³/mol. The zero-order valence-electron chi connectivity index (χ0n) is 16.9. The van der Waals surface area contributed by atoms with E-state index in [1.807, 2.05) is 0 Å². The summed E-state index contributed by atoms with van der Waals surface area (Å²) >= 11 is 0. The van der Waals surface area contributed by atoms with Gasteiger partial charge in [-0.3, -0.25) is 9.59 Å². The summed E-state index contributed by atoms with van der Waals surface area (Å²) in [5, 5.41) is 40.7. The van der Waals surface area contributed by atoms with E-state index in [0.29, 0.717) is 0 Å². The van der Waals surface area contributed by atoms with Crippen LogP contribution in [0.3, 0.4) is 0 Å². The average Bonchev–Trinajstić information content (AvgIpc) is 2.69. The highest BCUT2D eigenvalue weighted by Crippen LogP contribution is 2.15. The van der Waals surface area contributed by atoms with Crippen molar-refractivity contribution in [2.24, 2.45) is 0 Å². The second-order valence-corrected chi connectivity index (χ2v) is 6.71. The molecule has 1 unspecified atom stereocenters. The summed E-state index contributed by atoms with van der Waals surface area (Å²) in [4.78, 5) is 47.0. The van der Waals surface area contributed by atoms with E-state index in [0.717, 1.165) is 12.1 Å². The van der Waals surface area contributed by atoms with Gasteiger partial charge < -0.3 is 35.8 Å². The van der Waals surface area contributed by atoms with Crippen LogP contribution in [0.4, 0.5) is 14.9 Å². The number of halogens is 1. The second-order valence-electron chi connectivity index (χ2n) is 6.71. The molecular weight excluding hydrogens is 416 g/mol. The molecule has 0 aliphatic heterocycles. The molecule has 6 N–H and O–H groups in total. The normalized spacial score (nSPS) is 11.4. The Morgan fingerprint density at radius 1 is 1.13 bits per heavy atom. The van der Waals surface area contributed by atoms with E-state index in [9.17, 15) is 28.7 Å². The fourth-order valence-corrected chi connectivity index (χ4v) is 2.61. The standard InChI is InChI=1S/C18H25BFN3O8/c1-23(11-7-8-13(20)12(10-11)19(30)31)15(24)5-2-4-14(17(27)28)22-18(29)21-9-3-6-16(25)26/h7-8,10,14,30-31H,2-6,9H2,1H3,(H,25,26)(H,27,28)(H2,21,22,29). The molecule has 1 atom stereocenters. The summed E-state index contributed by atoms with van der Waals surface area (Å²) in [7, 11) is -0.637. The first-order valence-corrected chi connectivity index (χ1v) is 9.44. The van der Waals surface area contributed by atoms with Crippen LogP contribution in [0.1, 0.15) is 32.1 Å². The first kappa shape index (κ1) is 25.9. The number of carboxylic acids is 2. The molecule has 0 aliphatic carbocycles. The van der Waals surface area contributed by atoms with Crippen molar-refractivity contribution >= 4 is 42.1 Å². The Bertz CT molecular complexity index is 808. The maximum Gasteiger partial charge on any atom is 0.491 e. The number of nitrogens with zero attached hydrogens (tertiary/aromatic N) is 1. The number of hydrogen-bond donors (Lipinski definition) is 6. The van der Waals surface area contributed by atoms with Crippen LogP contribution in [0.25, 0.3) is 0 Å². The van der Waals surface area contributed by atoms with Crippen molar-refractivity contribution in [3.8, 4) is 0 Å². The molecule has 0 fully saturated rings. The van der Waals surface area contributed by atoms with Gasteiger partial charge in [-0.05, 0) is 37.5 Å². The molecule has 13 heteroatoms. The Hall–Kier alpha value is -3.19. The molecule has 0 heterocycles. The molecule has 0 saturated carbocycles. The number of anilines is 1.